The van der Waals surface area contributed by atoms with E-state index in [0.29, 0.717) is 27.1 Å². The zero-order chi connectivity index (χ0) is 22.2. The van der Waals surface area contributed by atoms with Gasteiger partial charge < -0.3 is 0 Å². The molecular weight excluding hydrogens is 455 g/mol. The van der Waals surface area contributed by atoms with Crippen LogP contribution in [-0.2, 0) is 10.1 Å². The Bertz CT molecular complexity index is 1410. The first-order valence-corrected chi connectivity index (χ1v) is 11.4. The minimum absolute atomic E-state index is 0.163. The number of hydrogen-bond acceptors (Lipinski definition) is 4. The van der Waals surface area contributed by atoms with E-state index in [1.54, 1.807) is 24.3 Å². The fourth-order valence-electron chi connectivity index (χ4n) is 3.17. The summed E-state index contributed by atoms with van der Waals surface area (Å²) in [5, 5.41) is 0.911. The van der Waals surface area contributed by atoms with Crippen molar-refractivity contribution >= 4 is 33.3 Å². The molecule has 0 amide bonds. The van der Waals surface area contributed by atoms with Gasteiger partial charge in [-0.2, -0.15) is 8.42 Å². The van der Waals surface area contributed by atoms with Gasteiger partial charge in [0.05, 0.1) is 20.6 Å². The van der Waals surface area contributed by atoms with Crippen molar-refractivity contribution in [3.63, 3.8) is 0 Å². The summed E-state index contributed by atoms with van der Waals surface area (Å²) in [5.41, 5.74) is 4.49. The summed E-state index contributed by atoms with van der Waals surface area (Å²) in [5.74, 6) is 0.522. The lowest BCUT2D eigenvalue weighted by Crippen LogP contribution is -1.98. The molecule has 0 saturated heterocycles. The van der Waals surface area contributed by atoms with Gasteiger partial charge in [0.1, 0.15) is 0 Å². The van der Waals surface area contributed by atoms with E-state index in [1.807, 2.05) is 43.3 Å². The van der Waals surface area contributed by atoms with E-state index in [9.17, 15) is 13.0 Å². The molecule has 4 aromatic rings. The molecule has 0 aliphatic rings. The van der Waals surface area contributed by atoms with Gasteiger partial charge in [0, 0.05) is 16.8 Å². The topological polar surface area (TPSA) is 80.2 Å². The minimum Gasteiger partial charge on any atom is -0.282 e. The number of benzene rings is 3. The summed E-state index contributed by atoms with van der Waals surface area (Å²) in [6.45, 7) is 1.88. The van der Waals surface area contributed by atoms with E-state index < -0.39 is 10.1 Å². The van der Waals surface area contributed by atoms with Gasteiger partial charge in [-0.3, -0.25) is 4.55 Å². The third kappa shape index (κ3) is 4.78. The molecule has 0 spiro atoms. The number of nitrogens with zero attached hydrogens (tertiary/aromatic N) is 2. The van der Waals surface area contributed by atoms with Crippen LogP contribution in [0.1, 0.15) is 5.69 Å². The van der Waals surface area contributed by atoms with E-state index in [-0.39, 0.29) is 4.90 Å². The Morgan fingerprint density at radius 3 is 2.13 bits per heavy atom. The molecule has 0 bridgehead atoms. The van der Waals surface area contributed by atoms with Crippen molar-refractivity contribution in [1.82, 2.24) is 9.97 Å². The molecule has 0 atom stereocenters. The second kappa shape index (κ2) is 8.40. The predicted molar refractivity (Wildman–Crippen MR) is 123 cm³/mol. The van der Waals surface area contributed by atoms with E-state index in [1.165, 1.54) is 12.1 Å². The first kappa shape index (κ1) is 21.5. The smallest absolute Gasteiger partial charge is 0.282 e. The van der Waals surface area contributed by atoms with Gasteiger partial charge >= 0.3 is 0 Å². The molecule has 0 saturated carbocycles. The zero-order valence-electron chi connectivity index (χ0n) is 16.3. The molecule has 3 aromatic carbocycles. The predicted octanol–water partition coefficient (Wildman–Crippen LogP) is 6.34. The fraction of sp³-hybridized carbons (Fsp3) is 0.0435. The van der Waals surface area contributed by atoms with Crippen molar-refractivity contribution in [3.8, 4) is 33.8 Å². The third-order valence-electron chi connectivity index (χ3n) is 4.66. The first-order valence-electron chi connectivity index (χ1n) is 9.20. The number of hydrogen-bond donors (Lipinski definition) is 1. The Morgan fingerprint density at radius 2 is 1.42 bits per heavy atom. The first-order chi connectivity index (χ1) is 14.7. The number of halogens is 2. The molecule has 0 radical (unpaired) electrons. The summed E-state index contributed by atoms with van der Waals surface area (Å²) in [4.78, 5) is 9.08. The van der Waals surface area contributed by atoms with Crippen molar-refractivity contribution in [3.05, 3.63) is 88.5 Å². The van der Waals surface area contributed by atoms with E-state index in [0.717, 1.165) is 22.4 Å². The van der Waals surface area contributed by atoms with Crippen LogP contribution >= 0.6 is 23.2 Å². The van der Waals surface area contributed by atoms with Crippen LogP contribution in [0.25, 0.3) is 33.8 Å². The van der Waals surface area contributed by atoms with Crippen molar-refractivity contribution in [2.24, 2.45) is 0 Å². The highest BCUT2D eigenvalue weighted by atomic mass is 35.5. The Labute approximate surface area is 190 Å². The van der Waals surface area contributed by atoms with Crippen LogP contribution in [0.2, 0.25) is 10.0 Å². The number of aryl methyl sites for hydroxylation is 1. The standard InChI is InChI=1S/C23H16Cl2N2O3S/c1-14-10-22(17-8-9-20(24)21(25)13-17)27-23(26-14)18-6-2-4-15(11-18)16-5-3-7-19(12-16)31(28,29)30/h2-13H,1H3,(H,28,29,30). The summed E-state index contributed by atoms with van der Waals surface area (Å²) in [6.07, 6.45) is 0. The maximum atomic E-state index is 11.5. The number of aromatic nitrogens is 2. The molecule has 1 heterocycles. The molecule has 31 heavy (non-hydrogen) atoms. The molecular formula is C23H16Cl2N2O3S. The second-order valence-electron chi connectivity index (χ2n) is 6.93. The summed E-state index contributed by atoms with van der Waals surface area (Å²) in [7, 11) is -4.29. The summed E-state index contributed by atoms with van der Waals surface area (Å²) >= 11 is 12.2. The lowest BCUT2D eigenvalue weighted by molar-refractivity contribution is 0.483. The van der Waals surface area contributed by atoms with Gasteiger partial charge in [-0.15, -0.1) is 0 Å². The maximum absolute atomic E-state index is 11.5. The molecule has 1 aromatic heterocycles. The SMILES string of the molecule is Cc1cc(-c2ccc(Cl)c(Cl)c2)nc(-c2cccc(-c3cccc(S(=O)(=O)O)c3)c2)n1. The molecule has 1 N–H and O–H groups in total. The fourth-order valence-corrected chi connectivity index (χ4v) is 4.00. The molecule has 0 unspecified atom stereocenters. The highest BCUT2D eigenvalue weighted by molar-refractivity contribution is 7.85. The average Bonchev–Trinajstić information content (AvgIpc) is 2.75. The van der Waals surface area contributed by atoms with Crippen LogP contribution < -0.4 is 0 Å². The van der Waals surface area contributed by atoms with Crippen molar-refractivity contribution in [1.29, 1.82) is 0 Å². The maximum Gasteiger partial charge on any atom is 0.294 e. The van der Waals surface area contributed by atoms with Crippen LogP contribution in [0.15, 0.2) is 77.7 Å². The van der Waals surface area contributed by atoms with Gasteiger partial charge in [-0.05, 0) is 54.4 Å². The monoisotopic (exact) mass is 470 g/mol. The Kier molecular flexibility index (Phi) is 5.81. The van der Waals surface area contributed by atoms with Gasteiger partial charge in [0.25, 0.3) is 10.1 Å². The van der Waals surface area contributed by atoms with E-state index >= 15 is 0 Å². The Morgan fingerprint density at radius 1 is 0.742 bits per heavy atom. The molecule has 5 nitrogen and oxygen atoms in total. The quantitative estimate of drug-likeness (QED) is 0.352. The van der Waals surface area contributed by atoms with E-state index in [4.69, 9.17) is 23.2 Å². The van der Waals surface area contributed by atoms with Crippen LogP contribution in [0.3, 0.4) is 0 Å². The lowest BCUT2D eigenvalue weighted by atomic mass is 10.0. The van der Waals surface area contributed by atoms with E-state index in [2.05, 4.69) is 9.97 Å². The Balaban J connectivity index is 1.78. The average molecular weight is 471 g/mol. The lowest BCUT2D eigenvalue weighted by Gasteiger charge is -2.09. The largest absolute Gasteiger partial charge is 0.294 e. The van der Waals surface area contributed by atoms with Crippen LogP contribution in [0.4, 0.5) is 0 Å². The summed E-state index contributed by atoms with van der Waals surface area (Å²) in [6, 6.07) is 20.7. The molecule has 0 aliphatic heterocycles. The van der Waals surface area contributed by atoms with Crippen molar-refractivity contribution in [2.45, 2.75) is 11.8 Å². The number of rotatable bonds is 4. The third-order valence-corrected chi connectivity index (χ3v) is 6.24. The zero-order valence-corrected chi connectivity index (χ0v) is 18.6. The minimum atomic E-state index is -4.29. The van der Waals surface area contributed by atoms with Crippen molar-refractivity contribution in [2.75, 3.05) is 0 Å². The van der Waals surface area contributed by atoms with Crippen LogP contribution in [0.5, 0.6) is 0 Å². The van der Waals surface area contributed by atoms with Crippen molar-refractivity contribution < 1.29 is 13.0 Å². The molecule has 0 fully saturated rings. The second-order valence-corrected chi connectivity index (χ2v) is 9.17. The Hall–Kier alpha value is -2.77. The van der Waals surface area contributed by atoms with Gasteiger partial charge in [-0.1, -0.05) is 59.6 Å². The molecule has 8 heteroatoms. The summed E-state index contributed by atoms with van der Waals surface area (Å²) < 4.78 is 32.3. The normalized spacial score (nSPS) is 11.5. The van der Waals surface area contributed by atoms with Crippen LogP contribution in [0, 0.1) is 6.92 Å². The molecule has 4 rings (SSSR count). The van der Waals surface area contributed by atoms with Gasteiger partial charge in [0.15, 0.2) is 5.82 Å². The van der Waals surface area contributed by atoms with Crippen LogP contribution in [-0.4, -0.2) is 22.9 Å². The van der Waals surface area contributed by atoms with Gasteiger partial charge in [0.2, 0.25) is 0 Å². The molecule has 0 aliphatic carbocycles. The van der Waals surface area contributed by atoms with Gasteiger partial charge in [-0.25, -0.2) is 9.97 Å². The molecule has 156 valence electrons. The highest BCUT2D eigenvalue weighted by Crippen LogP contribution is 2.30. The highest BCUT2D eigenvalue weighted by Gasteiger charge is 2.12.